The lowest BCUT2D eigenvalue weighted by molar-refractivity contribution is -0.154. The molecule has 1 aromatic carbocycles. The number of halogens is 1. The lowest BCUT2D eigenvalue weighted by Crippen LogP contribution is -2.55. The molecule has 1 N–H and O–H groups in total. The monoisotopic (exact) mass is 341 g/mol. The fourth-order valence-corrected chi connectivity index (χ4v) is 3.31. The number of methoxy groups -OCH3 is 1. The Hall–Kier alpha value is -1.07. The summed E-state index contributed by atoms with van der Waals surface area (Å²) in [6.45, 7) is 3.96. The normalized spacial score (nSPS) is 29.8. The van der Waals surface area contributed by atoms with E-state index >= 15 is 0 Å². The smallest absolute Gasteiger partial charge is 0.331 e. The minimum Gasteiger partial charge on any atom is -0.467 e. The number of esters is 1. The highest BCUT2D eigenvalue weighted by atomic mass is 79.9. The topological polar surface area (TPSA) is 47.6 Å². The zero-order chi connectivity index (χ0) is 14.8. The minimum atomic E-state index is -0.730. The average molecular weight is 342 g/mol. The maximum absolute atomic E-state index is 12.3. The van der Waals surface area contributed by atoms with Crippen molar-refractivity contribution in [3.05, 3.63) is 28.7 Å². The fraction of sp³-hybridized carbons (Fsp3) is 0.533. The van der Waals surface area contributed by atoms with Gasteiger partial charge >= 0.3 is 5.97 Å². The van der Waals surface area contributed by atoms with Crippen LogP contribution < -0.4 is 5.32 Å². The number of carbonyl (C=O) groups is 1. The number of anilines is 1. The maximum Gasteiger partial charge on any atom is 0.331 e. The van der Waals surface area contributed by atoms with Crippen molar-refractivity contribution in [2.45, 2.75) is 44.4 Å². The molecule has 1 fully saturated rings. The van der Waals surface area contributed by atoms with Crippen LogP contribution in [0.3, 0.4) is 0 Å². The molecule has 0 radical (unpaired) electrons. The number of ether oxygens (including phenoxy) is 2. The molecule has 0 spiro atoms. The van der Waals surface area contributed by atoms with Crippen molar-refractivity contribution in [2.75, 3.05) is 12.4 Å². The van der Waals surface area contributed by atoms with E-state index in [9.17, 15) is 4.79 Å². The molecule has 2 rings (SSSR count). The fourth-order valence-electron chi connectivity index (χ4n) is 2.92. The van der Waals surface area contributed by atoms with E-state index in [-0.39, 0.29) is 18.2 Å². The Morgan fingerprint density at radius 2 is 2.05 bits per heavy atom. The lowest BCUT2D eigenvalue weighted by Gasteiger charge is -2.41. The van der Waals surface area contributed by atoms with Crippen molar-refractivity contribution >= 4 is 27.6 Å². The first-order valence-electron chi connectivity index (χ1n) is 6.73. The summed E-state index contributed by atoms with van der Waals surface area (Å²) in [5.74, 6) is -0.237. The van der Waals surface area contributed by atoms with E-state index in [4.69, 9.17) is 9.47 Å². The number of benzene rings is 1. The summed E-state index contributed by atoms with van der Waals surface area (Å²) in [5.41, 5.74) is 0.165. The van der Waals surface area contributed by atoms with Crippen molar-refractivity contribution in [3.63, 3.8) is 0 Å². The van der Waals surface area contributed by atoms with Crippen LogP contribution in [0.4, 0.5) is 5.69 Å². The number of rotatable bonds is 3. The Kier molecular flexibility index (Phi) is 4.70. The van der Waals surface area contributed by atoms with Crippen LogP contribution in [0.2, 0.25) is 0 Å². The molecule has 1 aliphatic heterocycles. The molecule has 1 heterocycles. The number of hydrogen-bond acceptors (Lipinski definition) is 4. The highest BCUT2D eigenvalue weighted by Gasteiger charge is 2.45. The number of hydrogen-bond donors (Lipinski definition) is 1. The average Bonchev–Trinajstić information content (AvgIpc) is 2.36. The zero-order valence-corrected chi connectivity index (χ0v) is 13.6. The van der Waals surface area contributed by atoms with Gasteiger partial charge in [-0.15, -0.1) is 0 Å². The molecule has 1 aromatic rings. The number of nitrogens with one attached hydrogen (secondary N) is 1. The quantitative estimate of drug-likeness (QED) is 0.856. The molecule has 20 heavy (non-hydrogen) atoms. The van der Waals surface area contributed by atoms with Gasteiger partial charge in [-0.2, -0.15) is 0 Å². The standard InChI is InChI=1S/C15H20BrNO3/c1-10-8-15(14(18)19-3,9-11(2)20-10)17-13-6-4-5-12(16)7-13/h4-7,10-11,17H,8-9H2,1-3H3. The Bertz CT molecular complexity index is 482. The van der Waals surface area contributed by atoms with E-state index in [1.165, 1.54) is 7.11 Å². The summed E-state index contributed by atoms with van der Waals surface area (Å²) < 4.78 is 11.7. The Morgan fingerprint density at radius 3 is 2.60 bits per heavy atom. The second kappa shape index (κ2) is 6.14. The summed E-state index contributed by atoms with van der Waals surface area (Å²) in [6.07, 6.45) is 1.21. The highest BCUT2D eigenvalue weighted by molar-refractivity contribution is 9.10. The molecular formula is C15H20BrNO3. The summed E-state index contributed by atoms with van der Waals surface area (Å²) in [6, 6.07) is 7.78. The second-order valence-electron chi connectivity index (χ2n) is 5.37. The van der Waals surface area contributed by atoms with Gasteiger partial charge in [-0.05, 0) is 32.0 Å². The van der Waals surface area contributed by atoms with Gasteiger partial charge in [0.2, 0.25) is 0 Å². The van der Waals surface area contributed by atoms with Crippen molar-refractivity contribution < 1.29 is 14.3 Å². The number of carbonyl (C=O) groups excluding carboxylic acids is 1. The SMILES string of the molecule is COC(=O)C1(Nc2cccc(Br)c2)CC(C)OC(C)C1. The Balaban J connectivity index is 2.30. The van der Waals surface area contributed by atoms with E-state index in [0.29, 0.717) is 12.8 Å². The molecule has 110 valence electrons. The molecular weight excluding hydrogens is 322 g/mol. The first-order valence-corrected chi connectivity index (χ1v) is 7.52. The van der Waals surface area contributed by atoms with Gasteiger partial charge in [-0.1, -0.05) is 22.0 Å². The van der Waals surface area contributed by atoms with Crippen LogP contribution in [0, 0.1) is 0 Å². The van der Waals surface area contributed by atoms with E-state index < -0.39 is 5.54 Å². The Morgan fingerprint density at radius 1 is 1.40 bits per heavy atom. The van der Waals surface area contributed by atoms with Crippen LogP contribution in [0.1, 0.15) is 26.7 Å². The third-order valence-electron chi connectivity index (χ3n) is 3.52. The molecule has 2 atom stereocenters. The molecule has 0 aromatic heterocycles. The maximum atomic E-state index is 12.3. The third-order valence-corrected chi connectivity index (χ3v) is 4.01. The molecule has 0 bridgehead atoms. The molecule has 1 saturated heterocycles. The van der Waals surface area contributed by atoms with Gasteiger partial charge in [-0.25, -0.2) is 4.79 Å². The zero-order valence-electron chi connectivity index (χ0n) is 12.0. The van der Waals surface area contributed by atoms with Gasteiger partial charge in [0.25, 0.3) is 0 Å². The van der Waals surface area contributed by atoms with Crippen LogP contribution in [0.5, 0.6) is 0 Å². The summed E-state index contributed by atoms with van der Waals surface area (Å²) >= 11 is 3.44. The van der Waals surface area contributed by atoms with E-state index in [1.54, 1.807) is 0 Å². The predicted molar refractivity (Wildman–Crippen MR) is 81.8 cm³/mol. The van der Waals surface area contributed by atoms with Gasteiger partial charge in [0.15, 0.2) is 0 Å². The molecule has 0 amide bonds. The molecule has 0 aliphatic carbocycles. The molecule has 4 nitrogen and oxygen atoms in total. The second-order valence-corrected chi connectivity index (χ2v) is 6.29. The van der Waals surface area contributed by atoms with Gasteiger partial charge in [0.05, 0.1) is 19.3 Å². The van der Waals surface area contributed by atoms with Crippen LogP contribution >= 0.6 is 15.9 Å². The van der Waals surface area contributed by atoms with Crippen LogP contribution in [0.15, 0.2) is 28.7 Å². The first kappa shape index (κ1) is 15.3. The minimum absolute atomic E-state index is 0.0116. The van der Waals surface area contributed by atoms with E-state index in [2.05, 4.69) is 21.2 Å². The first-order chi connectivity index (χ1) is 9.45. The van der Waals surface area contributed by atoms with Crippen molar-refractivity contribution in [1.29, 1.82) is 0 Å². The van der Waals surface area contributed by atoms with Crippen LogP contribution in [-0.2, 0) is 14.3 Å². The Labute approximate surface area is 128 Å². The van der Waals surface area contributed by atoms with Crippen molar-refractivity contribution in [3.8, 4) is 0 Å². The van der Waals surface area contributed by atoms with Gasteiger partial charge in [-0.3, -0.25) is 0 Å². The molecule has 5 heteroatoms. The predicted octanol–water partition coefficient (Wildman–Crippen LogP) is 3.36. The van der Waals surface area contributed by atoms with E-state index in [1.807, 2.05) is 38.1 Å². The largest absolute Gasteiger partial charge is 0.467 e. The van der Waals surface area contributed by atoms with Crippen molar-refractivity contribution in [1.82, 2.24) is 0 Å². The van der Waals surface area contributed by atoms with Gasteiger partial charge in [0, 0.05) is 23.0 Å². The molecule has 1 aliphatic rings. The summed E-state index contributed by atoms with van der Waals surface area (Å²) in [5, 5.41) is 3.36. The van der Waals surface area contributed by atoms with Crippen LogP contribution in [-0.4, -0.2) is 30.8 Å². The van der Waals surface area contributed by atoms with E-state index in [0.717, 1.165) is 10.2 Å². The summed E-state index contributed by atoms with van der Waals surface area (Å²) in [7, 11) is 1.43. The van der Waals surface area contributed by atoms with Gasteiger partial charge in [0.1, 0.15) is 5.54 Å². The molecule has 0 saturated carbocycles. The molecule has 2 unspecified atom stereocenters. The van der Waals surface area contributed by atoms with Gasteiger partial charge < -0.3 is 14.8 Å². The lowest BCUT2D eigenvalue weighted by atomic mass is 9.83. The summed E-state index contributed by atoms with van der Waals surface area (Å²) in [4.78, 5) is 12.3. The van der Waals surface area contributed by atoms with Crippen LogP contribution in [0.25, 0.3) is 0 Å². The van der Waals surface area contributed by atoms with Crippen molar-refractivity contribution in [2.24, 2.45) is 0 Å². The highest BCUT2D eigenvalue weighted by Crippen LogP contribution is 2.33. The third kappa shape index (κ3) is 3.33.